The number of aryl methyl sites for hydroxylation is 1. The maximum Gasteiger partial charge on any atom is 0.272 e. The molecule has 3 aromatic heterocycles. The Labute approximate surface area is 164 Å². The molecular weight excluding hydrogens is 382 g/mol. The van der Waals surface area contributed by atoms with Crippen molar-refractivity contribution in [1.29, 1.82) is 0 Å². The lowest BCUT2D eigenvalue weighted by molar-refractivity contribution is 0.239. The number of hydrogen-bond donors (Lipinski definition) is 0. The molecule has 0 saturated heterocycles. The molecule has 1 aliphatic rings. The highest BCUT2D eigenvalue weighted by molar-refractivity contribution is 7.17. The number of hydrogen-bond acceptors (Lipinski definition) is 5. The first-order chi connectivity index (χ1) is 13.1. The Morgan fingerprint density at radius 1 is 1.19 bits per heavy atom. The van der Waals surface area contributed by atoms with E-state index in [0.29, 0.717) is 18.4 Å². The van der Waals surface area contributed by atoms with Crippen LogP contribution in [0.5, 0.6) is 0 Å². The van der Waals surface area contributed by atoms with Gasteiger partial charge in [-0.05, 0) is 42.0 Å². The van der Waals surface area contributed by atoms with Gasteiger partial charge in [-0.2, -0.15) is 0 Å². The molecule has 27 heavy (non-hydrogen) atoms. The first kappa shape index (κ1) is 16.9. The fourth-order valence-corrected chi connectivity index (χ4v) is 4.49. The summed E-state index contributed by atoms with van der Waals surface area (Å²) >= 11 is 7.47. The van der Waals surface area contributed by atoms with Gasteiger partial charge in [0.25, 0.3) is 5.56 Å². The van der Waals surface area contributed by atoms with E-state index in [2.05, 4.69) is 27.2 Å². The molecule has 0 atom stereocenters. The zero-order valence-corrected chi connectivity index (χ0v) is 16.4. The van der Waals surface area contributed by atoms with Crippen LogP contribution in [-0.2, 0) is 20.1 Å². The van der Waals surface area contributed by atoms with Gasteiger partial charge in [0.05, 0.1) is 12.1 Å². The molecule has 6 nitrogen and oxygen atoms in total. The van der Waals surface area contributed by atoms with E-state index >= 15 is 0 Å². The monoisotopic (exact) mass is 399 g/mol. The summed E-state index contributed by atoms with van der Waals surface area (Å²) in [7, 11) is 1.75. The van der Waals surface area contributed by atoms with E-state index in [-0.39, 0.29) is 5.56 Å². The lowest BCUT2D eigenvalue weighted by Gasteiger charge is -2.21. The van der Waals surface area contributed by atoms with Crippen molar-refractivity contribution in [2.24, 2.45) is 7.05 Å². The molecule has 4 aromatic rings. The Morgan fingerprint density at radius 2 is 1.96 bits per heavy atom. The second kappa shape index (κ2) is 6.44. The fourth-order valence-electron chi connectivity index (χ4n) is 3.52. The van der Waals surface area contributed by atoms with Crippen LogP contribution in [0.2, 0.25) is 5.02 Å². The van der Waals surface area contributed by atoms with Crippen molar-refractivity contribution < 1.29 is 0 Å². The van der Waals surface area contributed by atoms with Crippen LogP contribution < -0.4 is 5.56 Å². The topological polar surface area (TPSA) is 55.4 Å². The predicted octanol–water partition coefficient (Wildman–Crippen LogP) is 3.46. The Kier molecular flexibility index (Phi) is 4.03. The van der Waals surface area contributed by atoms with E-state index < -0.39 is 0 Å². The Morgan fingerprint density at radius 3 is 2.70 bits per heavy atom. The molecule has 1 aliphatic carbocycles. The maximum absolute atomic E-state index is 12.5. The summed E-state index contributed by atoms with van der Waals surface area (Å²) in [5.74, 6) is 1.45. The van der Waals surface area contributed by atoms with Gasteiger partial charge < -0.3 is 0 Å². The van der Waals surface area contributed by atoms with Gasteiger partial charge in [-0.1, -0.05) is 23.7 Å². The Hall–Kier alpha value is -2.22. The van der Waals surface area contributed by atoms with E-state index in [1.165, 1.54) is 29.7 Å². The minimum atomic E-state index is -0.0216. The number of halogens is 1. The normalized spacial score (nSPS) is 14.6. The zero-order valence-electron chi connectivity index (χ0n) is 14.8. The molecular formula is C19H18ClN5OS. The van der Waals surface area contributed by atoms with Gasteiger partial charge in [0, 0.05) is 24.7 Å². The molecule has 1 aromatic carbocycles. The molecule has 0 amide bonds. The molecule has 0 aliphatic heterocycles. The van der Waals surface area contributed by atoms with E-state index in [1.54, 1.807) is 11.6 Å². The fraction of sp³-hybridized carbons (Fsp3) is 0.316. The van der Waals surface area contributed by atoms with Crippen LogP contribution in [0.3, 0.4) is 0 Å². The molecule has 0 radical (unpaired) electrons. The third kappa shape index (κ3) is 2.96. The van der Waals surface area contributed by atoms with Gasteiger partial charge in [0.1, 0.15) is 4.70 Å². The highest BCUT2D eigenvalue weighted by atomic mass is 35.5. The SMILES string of the molecule is Cn1c(=O)c2sccc2n2c(CN(Cc3ccc(Cl)cc3)C3CC3)nnc12. The van der Waals surface area contributed by atoms with Gasteiger partial charge >= 0.3 is 0 Å². The summed E-state index contributed by atoms with van der Waals surface area (Å²) in [6.45, 7) is 1.53. The predicted molar refractivity (Wildman–Crippen MR) is 107 cm³/mol. The van der Waals surface area contributed by atoms with Crippen molar-refractivity contribution in [2.45, 2.75) is 32.0 Å². The van der Waals surface area contributed by atoms with Gasteiger partial charge in [-0.15, -0.1) is 21.5 Å². The smallest absolute Gasteiger partial charge is 0.272 e. The summed E-state index contributed by atoms with van der Waals surface area (Å²) in [4.78, 5) is 14.9. The van der Waals surface area contributed by atoms with Crippen LogP contribution >= 0.6 is 22.9 Å². The van der Waals surface area contributed by atoms with Crippen LogP contribution in [0.15, 0.2) is 40.5 Å². The minimum absolute atomic E-state index is 0.0216. The van der Waals surface area contributed by atoms with Gasteiger partial charge in [0.15, 0.2) is 5.82 Å². The lowest BCUT2D eigenvalue weighted by atomic mass is 10.2. The molecule has 5 rings (SSSR count). The number of aromatic nitrogens is 4. The maximum atomic E-state index is 12.5. The molecule has 1 saturated carbocycles. The molecule has 0 spiro atoms. The van der Waals surface area contributed by atoms with Crippen LogP contribution in [0.1, 0.15) is 24.2 Å². The molecule has 0 bridgehead atoms. The van der Waals surface area contributed by atoms with Crippen molar-refractivity contribution in [3.63, 3.8) is 0 Å². The van der Waals surface area contributed by atoms with E-state index in [9.17, 15) is 4.79 Å². The first-order valence-corrected chi connectivity index (χ1v) is 10.2. The molecule has 3 heterocycles. The Balaban J connectivity index is 1.54. The van der Waals surface area contributed by atoms with Crippen LogP contribution in [-0.4, -0.2) is 30.1 Å². The average Bonchev–Trinajstić information content (AvgIpc) is 3.25. The lowest BCUT2D eigenvalue weighted by Crippen LogP contribution is -2.26. The summed E-state index contributed by atoms with van der Waals surface area (Å²) in [5, 5.41) is 11.4. The van der Waals surface area contributed by atoms with Gasteiger partial charge in [0.2, 0.25) is 5.78 Å². The first-order valence-electron chi connectivity index (χ1n) is 8.90. The van der Waals surface area contributed by atoms with Gasteiger partial charge in [-0.25, -0.2) is 0 Å². The number of rotatable bonds is 5. The molecule has 138 valence electrons. The summed E-state index contributed by atoms with van der Waals surface area (Å²) < 4.78 is 4.34. The summed E-state index contributed by atoms with van der Waals surface area (Å²) in [6, 6.07) is 10.5. The standard InChI is InChI=1S/C19H18ClN5OS/c1-23-18(26)17-15(8-9-27-17)25-16(21-22-19(23)25)11-24(14-6-7-14)10-12-2-4-13(20)5-3-12/h2-5,8-9,14H,6-7,10-11H2,1H3. The Bertz CT molecular complexity index is 1190. The van der Waals surface area contributed by atoms with Crippen LogP contribution in [0.4, 0.5) is 0 Å². The minimum Gasteiger partial charge on any atom is -0.289 e. The largest absolute Gasteiger partial charge is 0.289 e. The zero-order chi connectivity index (χ0) is 18.5. The summed E-state index contributed by atoms with van der Waals surface area (Å²) in [5.41, 5.74) is 2.10. The van der Waals surface area contributed by atoms with Crippen LogP contribution in [0.25, 0.3) is 16.0 Å². The highest BCUT2D eigenvalue weighted by Crippen LogP contribution is 2.30. The number of benzene rings is 1. The third-order valence-electron chi connectivity index (χ3n) is 5.10. The second-order valence-corrected chi connectivity index (χ2v) is 8.37. The molecule has 1 fully saturated rings. The number of fused-ring (bicyclic) bond motifs is 3. The van der Waals surface area contributed by atoms with Gasteiger partial charge in [-0.3, -0.25) is 18.7 Å². The van der Waals surface area contributed by atoms with Crippen molar-refractivity contribution in [3.8, 4) is 0 Å². The van der Waals surface area contributed by atoms with E-state index in [4.69, 9.17) is 11.6 Å². The van der Waals surface area contributed by atoms with Crippen molar-refractivity contribution in [1.82, 2.24) is 24.1 Å². The van der Waals surface area contributed by atoms with Crippen molar-refractivity contribution >= 4 is 38.9 Å². The highest BCUT2D eigenvalue weighted by Gasteiger charge is 2.30. The molecule has 8 heteroatoms. The second-order valence-electron chi connectivity index (χ2n) is 7.01. The molecule has 0 unspecified atom stereocenters. The quantitative estimate of drug-likeness (QED) is 0.515. The van der Waals surface area contributed by atoms with Crippen molar-refractivity contribution in [3.05, 3.63) is 62.5 Å². The third-order valence-corrected chi connectivity index (χ3v) is 6.25. The molecule has 0 N–H and O–H groups in total. The van der Waals surface area contributed by atoms with Crippen LogP contribution in [0, 0.1) is 0 Å². The number of nitrogens with zero attached hydrogens (tertiary/aromatic N) is 5. The number of thiophene rings is 1. The van der Waals surface area contributed by atoms with E-state index in [1.807, 2.05) is 28.0 Å². The average molecular weight is 400 g/mol. The van der Waals surface area contributed by atoms with E-state index in [0.717, 1.165) is 27.6 Å². The van der Waals surface area contributed by atoms with Crippen molar-refractivity contribution in [2.75, 3.05) is 0 Å². The summed E-state index contributed by atoms with van der Waals surface area (Å²) in [6.07, 6.45) is 2.41.